The van der Waals surface area contributed by atoms with Crippen molar-refractivity contribution < 1.29 is 4.79 Å². The molecule has 1 aliphatic carbocycles. The van der Waals surface area contributed by atoms with Crippen LogP contribution in [0.4, 0.5) is 5.69 Å². The first-order valence-corrected chi connectivity index (χ1v) is 7.23. The smallest absolute Gasteiger partial charge is 0.274 e. The first-order chi connectivity index (χ1) is 9.10. The molecular weight excluding hydrogens is 240 g/mol. The van der Waals surface area contributed by atoms with Gasteiger partial charge in [-0.25, -0.2) is 0 Å². The molecule has 0 unspecified atom stereocenters. The van der Waals surface area contributed by atoms with Crippen LogP contribution in [-0.4, -0.2) is 33.2 Å². The largest absolute Gasteiger partial charge is 0.395 e. The van der Waals surface area contributed by atoms with Crippen molar-refractivity contribution in [2.45, 2.75) is 59.0 Å². The number of unbranched alkanes of at least 4 members (excludes halogenated alkanes) is 1. The zero-order valence-electron chi connectivity index (χ0n) is 12.1. The predicted octanol–water partition coefficient (Wildman–Crippen LogP) is 2.20. The molecule has 1 heterocycles. The van der Waals surface area contributed by atoms with Gasteiger partial charge in [-0.3, -0.25) is 9.48 Å². The molecule has 2 N–H and O–H groups in total. The molecule has 0 saturated heterocycles. The van der Waals surface area contributed by atoms with Crippen LogP contribution in [0.5, 0.6) is 0 Å². The Labute approximate surface area is 114 Å². The molecule has 106 valence electrons. The van der Waals surface area contributed by atoms with Crippen molar-refractivity contribution in [2.24, 2.45) is 0 Å². The van der Waals surface area contributed by atoms with E-state index in [1.54, 1.807) is 4.68 Å². The number of aromatic nitrogens is 2. The molecule has 2 rings (SSSR count). The van der Waals surface area contributed by atoms with Gasteiger partial charge in [-0.05, 0) is 33.1 Å². The van der Waals surface area contributed by atoms with Gasteiger partial charge in [0.1, 0.15) is 5.69 Å². The van der Waals surface area contributed by atoms with Gasteiger partial charge in [-0.2, -0.15) is 5.10 Å². The van der Waals surface area contributed by atoms with Crippen LogP contribution in [0.15, 0.2) is 0 Å². The molecule has 5 nitrogen and oxygen atoms in total. The Morgan fingerprint density at radius 2 is 2.16 bits per heavy atom. The van der Waals surface area contributed by atoms with E-state index in [1.807, 2.05) is 18.7 Å². The van der Waals surface area contributed by atoms with E-state index < -0.39 is 0 Å². The number of nitrogen functional groups attached to an aromatic ring is 1. The third-order valence-electron chi connectivity index (χ3n) is 3.68. The Morgan fingerprint density at radius 3 is 2.68 bits per heavy atom. The van der Waals surface area contributed by atoms with Crippen LogP contribution in [-0.2, 0) is 6.54 Å². The molecule has 1 aromatic heterocycles. The van der Waals surface area contributed by atoms with E-state index in [-0.39, 0.29) is 5.91 Å². The van der Waals surface area contributed by atoms with Crippen molar-refractivity contribution in [1.82, 2.24) is 14.7 Å². The Morgan fingerprint density at radius 1 is 1.47 bits per heavy atom. The van der Waals surface area contributed by atoms with Crippen molar-refractivity contribution in [3.63, 3.8) is 0 Å². The number of hydrogen-bond acceptors (Lipinski definition) is 3. The van der Waals surface area contributed by atoms with Crippen LogP contribution >= 0.6 is 0 Å². The average molecular weight is 264 g/mol. The molecule has 1 amide bonds. The standard InChI is InChI=1S/C14H24N4O/c1-4-6-9-17(11-7-8-11)14(19)13-12(15)10(3)16-18(13)5-2/h11H,4-9,15H2,1-3H3. The zero-order chi connectivity index (χ0) is 14.0. The van der Waals surface area contributed by atoms with E-state index in [1.165, 1.54) is 0 Å². The fourth-order valence-corrected chi connectivity index (χ4v) is 2.35. The van der Waals surface area contributed by atoms with Gasteiger partial charge in [0.15, 0.2) is 0 Å². The highest BCUT2D eigenvalue weighted by atomic mass is 16.2. The molecule has 1 saturated carbocycles. The highest BCUT2D eigenvalue weighted by Crippen LogP contribution is 2.30. The number of amides is 1. The van der Waals surface area contributed by atoms with Crippen molar-refractivity contribution in [3.8, 4) is 0 Å². The van der Waals surface area contributed by atoms with Crippen LogP contribution in [0.25, 0.3) is 0 Å². The number of rotatable bonds is 6. The van der Waals surface area contributed by atoms with Gasteiger partial charge in [0, 0.05) is 19.1 Å². The van der Waals surface area contributed by atoms with Gasteiger partial charge in [0.05, 0.1) is 11.4 Å². The summed E-state index contributed by atoms with van der Waals surface area (Å²) in [5.74, 6) is 0.0518. The SMILES string of the molecule is CCCCN(C(=O)c1c(N)c(C)nn1CC)C1CC1. The molecule has 0 spiro atoms. The summed E-state index contributed by atoms with van der Waals surface area (Å²) in [7, 11) is 0. The summed E-state index contributed by atoms with van der Waals surface area (Å²) in [4.78, 5) is 14.7. The van der Waals surface area contributed by atoms with Gasteiger partial charge >= 0.3 is 0 Å². The Balaban J connectivity index is 2.25. The third-order valence-corrected chi connectivity index (χ3v) is 3.68. The molecular formula is C14H24N4O. The Kier molecular flexibility index (Phi) is 4.12. The van der Waals surface area contributed by atoms with E-state index in [4.69, 9.17) is 5.73 Å². The van der Waals surface area contributed by atoms with E-state index >= 15 is 0 Å². The monoisotopic (exact) mass is 264 g/mol. The van der Waals surface area contributed by atoms with Gasteiger partial charge in [-0.15, -0.1) is 0 Å². The fraction of sp³-hybridized carbons (Fsp3) is 0.714. The number of nitrogens with zero attached hydrogens (tertiary/aromatic N) is 3. The van der Waals surface area contributed by atoms with E-state index in [9.17, 15) is 4.79 Å². The minimum Gasteiger partial charge on any atom is -0.395 e. The zero-order valence-corrected chi connectivity index (χ0v) is 12.1. The number of carbonyl (C=O) groups excluding carboxylic acids is 1. The second-order valence-electron chi connectivity index (χ2n) is 5.25. The van der Waals surface area contributed by atoms with Crippen molar-refractivity contribution in [3.05, 3.63) is 11.4 Å². The van der Waals surface area contributed by atoms with Crippen molar-refractivity contribution in [2.75, 3.05) is 12.3 Å². The minimum absolute atomic E-state index is 0.0518. The van der Waals surface area contributed by atoms with Gasteiger partial charge in [-0.1, -0.05) is 13.3 Å². The normalized spacial score (nSPS) is 14.7. The predicted molar refractivity (Wildman–Crippen MR) is 76.0 cm³/mol. The lowest BCUT2D eigenvalue weighted by Crippen LogP contribution is -2.35. The first-order valence-electron chi connectivity index (χ1n) is 7.23. The summed E-state index contributed by atoms with van der Waals surface area (Å²) in [6, 6.07) is 0.416. The lowest BCUT2D eigenvalue weighted by Gasteiger charge is -2.22. The maximum Gasteiger partial charge on any atom is 0.274 e. The van der Waals surface area contributed by atoms with Crippen LogP contribution in [0.1, 0.15) is 55.7 Å². The molecule has 0 bridgehead atoms. The molecule has 19 heavy (non-hydrogen) atoms. The Hall–Kier alpha value is -1.52. The lowest BCUT2D eigenvalue weighted by molar-refractivity contribution is 0.0729. The number of aryl methyl sites for hydroxylation is 2. The second-order valence-corrected chi connectivity index (χ2v) is 5.25. The number of hydrogen-bond donors (Lipinski definition) is 1. The van der Waals surface area contributed by atoms with E-state index in [0.29, 0.717) is 24.0 Å². The summed E-state index contributed by atoms with van der Waals surface area (Å²) in [5, 5.41) is 4.34. The molecule has 5 heteroatoms. The second kappa shape index (κ2) is 5.63. The molecule has 0 atom stereocenters. The maximum atomic E-state index is 12.7. The first kappa shape index (κ1) is 13.9. The quantitative estimate of drug-likeness (QED) is 0.856. The minimum atomic E-state index is 0.0518. The Bertz CT molecular complexity index is 462. The number of nitrogens with two attached hydrogens (primary N) is 1. The summed E-state index contributed by atoms with van der Waals surface area (Å²) >= 11 is 0. The van der Waals surface area contributed by atoms with Crippen LogP contribution in [0, 0.1) is 6.92 Å². The molecule has 1 aliphatic rings. The molecule has 1 aromatic rings. The summed E-state index contributed by atoms with van der Waals surface area (Å²) in [6.07, 6.45) is 4.38. The van der Waals surface area contributed by atoms with Gasteiger partial charge in [0.2, 0.25) is 0 Å². The molecule has 1 fully saturated rings. The van der Waals surface area contributed by atoms with E-state index in [2.05, 4.69) is 12.0 Å². The van der Waals surface area contributed by atoms with Crippen LogP contribution < -0.4 is 5.73 Å². The van der Waals surface area contributed by atoms with Crippen LogP contribution in [0.3, 0.4) is 0 Å². The van der Waals surface area contributed by atoms with Crippen molar-refractivity contribution in [1.29, 1.82) is 0 Å². The van der Waals surface area contributed by atoms with Crippen LogP contribution in [0.2, 0.25) is 0 Å². The number of carbonyl (C=O) groups is 1. The van der Waals surface area contributed by atoms with Crippen molar-refractivity contribution >= 4 is 11.6 Å². The highest BCUT2D eigenvalue weighted by molar-refractivity contribution is 5.98. The van der Waals surface area contributed by atoms with Gasteiger partial charge in [0.25, 0.3) is 5.91 Å². The highest BCUT2D eigenvalue weighted by Gasteiger charge is 2.35. The van der Waals surface area contributed by atoms with E-state index in [0.717, 1.165) is 37.9 Å². The molecule has 0 radical (unpaired) electrons. The number of anilines is 1. The summed E-state index contributed by atoms with van der Waals surface area (Å²) < 4.78 is 1.73. The maximum absolute atomic E-state index is 12.7. The summed E-state index contributed by atoms with van der Waals surface area (Å²) in [6.45, 7) is 7.48. The lowest BCUT2D eigenvalue weighted by atomic mass is 10.2. The fourth-order valence-electron chi connectivity index (χ4n) is 2.35. The summed E-state index contributed by atoms with van der Waals surface area (Å²) in [5.41, 5.74) is 7.89. The molecule has 0 aromatic carbocycles. The topological polar surface area (TPSA) is 64.2 Å². The third kappa shape index (κ3) is 2.74. The molecule has 0 aliphatic heterocycles. The average Bonchev–Trinajstić information content (AvgIpc) is 3.18. The van der Waals surface area contributed by atoms with Gasteiger partial charge < -0.3 is 10.6 Å².